The van der Waals surface area contributed by atoms with Crippen LogP contribution in [0.1, 0.15) is 18.4 Å². The molecule has 0 unspecified atom stereocenters. The van der Waals surface area contributed by atoms with Crippen LogP contribution in [0.15, 0.2) is 67.3 Å². The van der Waals surface area contributed by atoms with Crippen molar-refractivity contribution in [2.24, 2.45) is 0 Å². The van der Waals surface area contributed by atoms with E-state index in [1.807, 2.05) is 24.3 Å². The predicted octanol–water partition coefficient (Wildman–Crippen LogP) is 2.36. The van der Waals surface area contributed by atoms with Gasteiger partial charge in [-0.3, -0.25) is 19.8 Å². The summed E-state index contributed by atoms with van der Waals surface area (Å²) < 4.78 is 6.64. The molecule has 3 aromatic rings. The van der Waals surface area contributed by atoms with Crippen molar-refractivity contribution in [3.05, 3.63) is 72.8 Å². The Morgan fingerprint density at radius 2 is 2.00 bits per heavy atom. The summed E-state index contributed by atoms with van der Waals surface area (Å²) in [5.74, 6) is -0.682. The number of para-hydroxylation sites is 1. The fourth-order valence-corrected chi connectivity index (χ4v) is 3.86. The summed E-state index contributed by atoms with van der Waals surface area (Å²) >= 11 is 0. The molecule has 9 heteroatoms. The van der Waals surface area contributed by atoms with E-state index in [2.05, 4.69) is 10.4 Å². The number of aryl methyl sites for hydroxylation is 1. The van der Waals surface area contributed by atoms with E-state index >= 15 is 0 Å². The number of hydrogen-bond acceptors (Lipinski definition) is 5. The number of methoxy groups -OCH3 is 1. The van der Waals surface area contributed by atoms with Crippen LogP contribution in [-0.4, -0.2) is 47.6 Å². The van der Waals surface area contributed by atoms with Crippen molar-refractivity contribution in [2.75, 3.05) is 35.4 Å². The number of rotatable bonds is 7. The minimum Gasteiger partial charge on any atom is -0.497 e. The summed E-state index contributed by atoms with van der Waals surface area (Å²) in [6.07, 6.45) is 5.81. The molecule has 1 N–H and O–H groups in total. The van der Waals surface area contributed by atoms with Crippen molar-refractivity contribution in [3.8, 4) is 5.75 Å². The van der Waals surface area contributed by atoms with Crippen molar-refractivity contribution < 1.29 is 19.1 Å². The SMILES string of the molecule is COc1cccc(N(CC(=O)N2CCCc3ccccc32)C(=O)CC(=O)Nn2ccnc2)c1. The number of aromatic nitrogens is 2. The highest BCUT2D eigenvalue weighted by molar-refractivity contribution is 6.10. The molecule has 9 nitrogen and oxygen atoms in total. The first-order valence-corrected chi connectivity index (χ1v) is 10.7. The highest BCUT2D eigenvalue weighted by atomic mass is 16.5. The average molecular weight is 447 g/mol. The predicted molar refractivity (Wildman–Crippen MR) is 124 cm³/mol. The van der Waals surface area contributed by atoms with Gasteiger partial charge in [0.15, 0.2) is 0 Å². The lowest BCUT2D eigenvalue weighted by molar-refractivity contribution is -0.127. The fraction of sp³-hybridized carbons (Fsp3) is 0.250. The third-order valence-electron chi connectivity index (χ3n) is 5.44. The summed E-state index contributed by atoms with van der Waals surface area (Å²) in [4.78, 5) is 45.8. The molecule has 0 saturated carbocycles. The van der Waals surface area contributed by atoms with Gasteiger partial charge in [-0.15, -0.1) is 0 Å². The zero-order chi connectivity index (χ0) is 23.2. The number of nitrogens with one attached hydrogen (secondary N) is 1. The Balaban J connectivity index is 1.56. The highest BCUT2D eigenvalue weighted by Gasteiger charge is 2.27. The third kappa shape index (κ3) is 5.20. The molecule has 0 saturated heterocycles. The summed E-state index contributed by atoms with van der Waals surface area (Å²) in [5, 5.41) is 0. The number of carbonyl (C=O) groups excluding carboxylic acids is 3. The van der Waals surface area contributed by atoms with Gasteiger partial charge >= 0.3 is 0 Å². The summed E-state index contributed by atoms with van der Waals surface area (Å²) in [7, 11) is 1.53. The van der Waals surface area contributed by atoms with E-state index in [0.29, 0.717) is 18.0 Å². The van der Waals surface area contributed by atoms with E-state index in [4.69, 9.17) is 4.74 Å². The van der Waals surface area contributed by atoms with Gasteiger partial charge in [-0.2, -0.15) is 0 Å². The van der Waals surface area contributed by atoms with Gasteiger partial charge in [0.2, 0.25) is 17.7 Å². The number of ether oxygens (including phenoxy) is 1. The first-order valence-electron chi connectivity index (χ1n) is 10.7. The molecule has 0 spiro atoms. The van der Waals surface area contributed by atoms with Crippen molar-refractivity contribution in [2.45, 2.75) is 19.3 Å². The number of anilines is 2. The summed E-state index contributed by atoms with van der Waals surface area (Å²) in [6, 6.07) is 14.7. The van der Waals surface area contributed by atoms with Crippen molar-refractivity contribution >= 4 is 29.1 Å². The molecule has 4 rings (SSSR count). The number of fused-ring (bicyclic) bond motifs is 1. The van der Waals surface area contributed by atoms with Crippen LogP contribution < -0.4 is 20.0 Å². The molecular weight excluding hydrogens is 422 g/mol. The topological polar surface area (TPSA) is 96.8 Å². The maximum atomic E-state index is 13.3. The van der Waals surface area contributed by atoms with Gasteiger partial charge in [0.25, 0.3) is 0 Å². The molecule has 170 valence electrons. The molecule has 0 atom stereocenters. The molecule has 33 heavy (non-hydrogen) atoms. The number of amides is 3. The Kier molecular flexibility index (Phi) is 6.68. The van der Waals surface area contributed by atoms with E-state index in [1.165, 1.54) is 29.2 Å². The van der Waals surface area contributed by atoms with E-state index in [1.54, 1.807) is 35.4 Å². The van der Waals surface area contributed by atoms with Crippen LogP contribution in [0, 0.1) is 0 Å². The van der Waals surface area contributed by atoms with E-state index in [0.717, 1.165) is 24.1 Å². The normalized spacial score (nSPS) is 12.6. The second-order valence-corrected chi connectivity index (χ2v) is 7.64. The molecule has 1 aliphatic heterocycles. The highest BCUT2D eigenvalue weighted by Crippen LogP contribution is 2.28. The molecule has 2 heterocycles. The number of carbonyl (C=O) groups is 3. The van der Waals surface area contributed by atoms with Gasteiger partial charge in [-0.05, 0) is 36.6 Å². The first-order chi connectivity index (χ1) is 16.0. The van der Waals surface area contributed by atoms with Crippen molar-refractivity contribution in [1.29, 1.82) is 0 Å². The Morgan fingerprint density at radius 1 is 1.15 bits per heavy atom. The monoisotopic (exact) mass is 447 g/mol. The van der Waals surface area contributed by atoms with Crippen LogP contribution in [0.4, 0.5) is 11.4 Å². The average Bonchev–Trinajstić information content (AvgIpc) is 3.34. The molecule has 0 bridgehead atoms. The molecule has 0 radical (unpaired) electrons. The van der Waals surface area contributed by atoms with Gasteiger partial charge in [0.1, 0.15) is 25.0 Å². The maximum Gasteiger partial charge on any atom is 0.248 e. The Bertz CT molecular complexity index is 1150. The number of nitrogens with zero attached hydrogens (tertiary/aromatic N) is 4. The minimum absolute atomic E-state index is 0.196. The lowest BCUT2D eigenvalue weighted by Gasteiger charge is -2.32. The summed E-state index contributed by atoms with van der Waals surface area (Å²) in [6.45, 7) is 0.385. The molecule has 2 aromatic carbocycles. The molecular formula is C24H25N5O4. The van der Waals surface area contributed by atoms with Gasteiger partial charge in [0, 0.05) is 36.4 Å². The molecule has 1 aromatic heterocycles. The first kappa shape index (κ1) is 22.1. The Hall–Kier alpha value is -4.14. The van der Waals surface area contributed by atoms with E-state index < -0.39 is 18.2 Å². The number of benzene rings is 2. The Morgan fingerprint density at radius 3 is 2.79 bits per heavy atom. The second-order valence-electron chi connectivity index (χ2n) is 7.64. The van der Waals surface area contributed by atoms with Gasteiger partial charge in [0.05, 0.1) is 7.11 Å². The zero-order valence-corrected chi connectivity index (χ0v) is 18.3. The van der Waals surface area contributed by atoms with Crippen LogP contribution in [0.25, 0.3) is 0 Å². The fourth-order valence-electron chi connectivity index (χ4n) is 3.86. The number of imidazole rings is 1. The van der Waals surface area contributed by atoms with E-state index in [-0.39, 0.29) is 12.5 Å². The third-order valence-corrected chi connectivity index (χ3v) is 5.44. The van der Waals surface area contributed by atoms with E-state index in [9.17, 15) is 14.4 Å². The molecule has 1 aliphatic rings. The van der Waals surface area contributed by atoms with Crippen LogP contribution in [0.5, 0.6) is 5.75 Å². The van der Waals surface area contributed by atoms with Crippen LogP contribution >= 0.6 is 0 Å². The molecule has 3 amide bonds. The van der Waals surface area contributed by atoms with Crippen LogP contribution in [-0.2, 0) is 20.8 Å². The van der Waals surface area contributed by atoms with Gasteiger partial charge in [-0.25, -0.2) is 9.66 Å². The summed E-state index contributed by atoms with van der Waals surface area (Å²) in [5.41, 5.74) is 5.01. The Labute approximate surface area is 191 Å². The molecule has 0 aliphatic carbocycles. The van der Waals surface area contributed by atoms with Crippen molar-refractivity contribution in [1.82, 2.24) is 9.66 Å². The zero-order valence-electron chi connectivity index (χ0n) is 18.3. The second kappa shape index (κ2) is 9.99. The van der Waals surface area contributed by atoms with Crippen LogP contribution in [0.2, 0.25) is 0 Å². The van der Waals surface area contributed by atoms with Crippen LogP contribution in [0.3, 0.4) is 0 Å². The lowest BCUT2D eigenvalue weighted by Crippen LogP contribution is -2.45. The van der Waals surface area contributed by atoms with Gasteiger partial charge < -0.3 is 14.5 Å². The largest absolute Gasteiger partial charge is 0.497 e. The van der Waals surface area contributed by atoms with Gasteiger partial charge in [-0.1, -0.05) is 24.3 Å². The minimum atomic E-state index is -0.512. The van der Waals surface area contributed by atoms with Crippen molar-refractivity contribution in [3.63, 3.8) is 0 Å². The lowest BCUT2D eigenvalue weighted by atomic mass is 10.0. The standard InChI is InChI=1S/C24H25N5O4/c1-33-20-9-4-8-19(14-20)29(23(31)15-22(30)26-27-13-11-25-17-27)16-24(32)28-12-5-7-18-6-2-3-10-21(18)28/h2-4,6,8-11,13-14,17H,5,7,12,15-16H2,1H3,(H,26,30). The quantitative estimate of drug-likeness (QED) is 0.561. The smallest absolute Gasteiger partial charge is 0.248 e. The maximum absolute atomic E-state index is 13.3. The molecule has 0 fully saturated rings. The number of hydrogen-bond donors (Lipinski definition) is 1.